The number of hydrogen-bond donors (Lipinski definition) is 1. The van der Waals surface area contributed by atoms with Gasteiger partial charge in [0.15, 0.2) is 0 Å². The molecule has 0 saturated heterocycles. The number of sulfonamides is 1. The zero-order valence-corrected chi connectivity index (χ0v) is 18.7. The maximum absolute atomic E-state index is 11.5. The van der Waals surface area contributed by atoms with Gasteiger partial charge in [-0.25, -0.2) is 8.42 Å². The summed E-state index contributed by atoms with van der Waals surface area (Å²) in [6, 6.07) is 23.5. The number of anilines is 3. The van der Waals surface area contributed by atoms with E-state index in [4.69, 9.17) is 0 Å². The third-order valence-corrected chi connectivity index (χ3v) is 5.75. The molecule has 1 unspecified atom stereocenters. The highest BCUT2D eigenvalue weighted by atomic mass is 32.2. The first-order valence-electron chi connectivity index (χ1n) is 10.2. The van der Waals surface area contributed by atoms with Gasteiger partial charge in [0.1, 0.15) is 0 Å². The van der Waals surface area contributed by atoms with Crippen LogP contribution in [0.4, 0.5) is 17.1 Å². The van der Waals surface area contributed by atoms with Gasteiger partial charge in [-0.2, -0.15) is 0 Å². The summed E-state index contributed by atoms with van der Waals surface area (Å²) in [5.41, 5.74) is 5.68. The Kier molecular flexibility index (Phi) is 6.18. The molecular weight excluding hydrogens is 420 g/mol. The van der Waals surface area contributed by atoms with Gasteiger partial charge in [0.05, 0.1) is 36.1 Å². The van der Waals surface area contributed by atoms with Gasteiger partial charge < -0.3 is 4.90 Å². The van der Waals surface area contributed by atoms with Gasteiger partial charge in [0, 0.05) is 18.1 Å². The fourth-order valence-corrected chi connectivity index (χ4v) is 4.35. The summed E-state index contributed by atoms with van der Waals surface area (Å²) in [5.74, 6) is 0. The van der Waals surface area contributed by atoms with E-state index >= 15 is 0 Å². The van der Waals surface area contributed by atoms with Crippen LogP contribution in [0.5, 0.6) is 0 Å². The predicted octanol–water partition coefficient (Wildman–Crippen LogP) is 5.41. The lowest BCUT2D eigenvalue weighted by Crippen LogP contribution is -2.22. The lowest BCUT2D eigenvalue weighted by Gasteiger charge is -2.32. The van der Waals surface area contributed by atoms with Crippen molar-refractivity contribution in [2.75, 3.05) is 15.9 Å². The molecule has 0 aliphatic carbocycles. The normalized spacial score (nSPS) is 12.2. The van der Waals surface area contributed by atoms with Gasteiger partial charge in [-0.3, -0.25) is 14.7 Å². The fourth-order valence-electron chi connectivity index (χ4n) is 3.78. The van der Waals surface area contributed by atoms with Gasteiger partial charge in [0.2, 0.25) is 10.0 Å². The van der Waals surface area contributed by atoms with Crippen LogP contribution >= 0.6 is 0 Å². The quantitative estimate of drug-likeness (QED) is 0.412. The number of aromatic nitrogens is 2. The molecule has 0 aliphatic heterocycles. The average Bonchev–Trinajstić information content (AvgIpc) is 2.80. The molecular formula is C25H24N4O2S. The van der Waals surface area contributed by atoms with Crippen LogP contribution in [0.15, 0.2) is 97.6 Å². The van der Waals surface area contributed by atoms with E-state index in [-0.39, 0.29) is 6.04 Å². The highest BCUT2D eigenvalue weighted by molar-refractivity contribution is 7.92. The number of rotatable bonds is 7. The first-order chi connectivity index (χ1) is 15.4. The Balaban J connectivity index is 1.75. The highest BCUT2D eigenvalue weighted by Gasteiger charge is 2.21. The van der Waals surface area contributed by atoms with E-state index in [1.807, 2.05) is 60.9 Å². The van der Waals surface area contributed by atoms with Crippen molar-refractivity contribution in [1.82, 2.24) is 9.97 Å². The maximum Gasteiger partial charge on any atom is 0.229 e. The van der Waals surface area contributed by atoms with Crippen LogP contribution in [0.2, 0.25) is 0 Å². The Bertz CT molecular complexity index is 1240. The molecule has 6 nitrogen and oxygen atoms in total. The summed E-state index contributed by atoms with van der Waals surface area (Å²) < 4.78 is 25.5. The van der Waals surface area contributed by atoms with Crippen LogP contribution in [0.25, 0.3) is 11.1 Å². The van der Waals surface area contributed by atoms with Crippen LogP contribution in [0.1, 0.15) is 18.5 Å². The summed E-state index contributed by atoms with van der Waals surface area (Å²) in [6.45, 7) is 2.15. The molecule has 4 rings (SSSR count). The lowest BCUT2D eigenvalue weighted by atomic mass is 9.94. The third kappa shape index (κ3) is 4.95. The Morgan fingerprint density at radius 2 is 1.41 bits per heavy atom. The minimum absolute atomic E-state index is 0.0200. The number of nitrogens with zero attached hydrogens (tertiary/aromatic N) is 3. The average molecular weight is 445 g/mol. The van der Waals surface area contributed by atoms with Gasteiger partial charge >= 0.3 is 0 Å². The van der Waals surface area contributed by atoms with Crippen LogP contribution in [-0.2, 0) is 10.0 Å². The zero-order chi connectivity index (χ0) is 22.6. The summed E-state index contributed by atoms with van der Waals surface area (Å²) in [4.78, 5) is 10.8. The number of benzene rings is 2. The SMILES string of the molecule is CC(c1ccccc1-c1ccc(NS(C)(=O)=O)cc1)N(c1cccnc1)c1cccnc1. The van der Waals surface area contributed by atoms with Crippen LogP contribution in [0, 0.1) is 0 Å². The lowest BCUT2D eigenvalue weighted by molar-refractivity contribution is 0.607. The molecule has 0 amide bonds. The molecule has 0 aliphatic rings. The van der Waals surface area contributed by atoms with Crippen molar-refractivity contribution in [3.8, 4) is 11.1 Å². The Morgan fingerprint density at radius 3 is 1.94 bits per heavy atom. The maximum atomic E-state index is 11.5. The van der Waals surface area contributed by atoms with Crippen LogP contribution < -0.4 is 9.62 Å². The van der Waals surface area contributed by atoms with Crippen molar-refractivity contribution < 1.29 is 8.42 Å². The molecule has 2 aromatic heterocycles. The van der Waals surface area contributed by atoms with Crippen molar-refractivity contribution in [3.63, 3.8) is 0 Å². The summed E-state index contributed by atoms with van der Waals surface area (Å²) in [5, 5.41) is 0. The van der Waals surface area contributed by atoms with E-state index in [9.17, 15) is 8.42 Å². The van der Waals surface area contributed by atoms with E-state index in [0.29, 0.717) is 5.69 Å². The molecule has 0 saturated carbocycles. The van der Waals surface area contributed by atoms with Crippen molar-refractivity contribution in [3.05, 3.63) is 103 Å². The van der Waals surface area contributed by atoms with E-state index in [2.05, 4.69) is 38.6 Å². The molecule has 0 radical (unpaired) electrons. The fraction of sp³-hybridized carbons (Fsp3) is 0.120. The second kappa shape index (κ2) is 9.20. The van der Waals surface area contributed by atoms with Crippen molar-refractivity contribution in [2.45, 2.75) is 13.0 Å². The standard InChI is InChI=1S/C25H24N4O2S/c1-19(29(22-7-5-15-26-17-22)23-8-6-16-27-18-23)24-9-3-4-10-25(24)20-11-13-21(14-12-20)28-32(2,30)31/h3-19,28H,1-2H3. The number of pyridine rings is 2. The summed E-state index contributed by atoms with van der Waals surface area (Å²) >= 11 is 0. The van der Waals surface area contributed by atoms with E-state index < -0.39 is 10.0 Å². The highest BCUT2D eigenvalue weighted by Crippen LogP contribution is 2.38. The molecule has 4 aromatic rings. The van der Waals surface area contributed by atoms with E-state index in [1.165, 1.54) is 0 Å². The largest absolute Gasteiger partial charge is 0.332 e. The van der Waals surface area contributed by atoms with Crippen molar-refractivity contribution >= 4 is 27.1 Å². The van der Waals surface area contributed by atoms with E-state index in [1.54, 1.807) is 24.5 Å². The molecule has 2 heterocycles. The Hall–Kier alpha value is -3.71. The number of nitrogens with one attached hydrogen (secondary N) is 1. The molecule has 32 heavy (non-hydrogen) atoms. The minimum Gasteiger partial charge on any atom is -0.332 e. The number of hydrogen-bond acceptors (Lipinski definition) is 5. The Labute approximate surface area is 188 Å². The Morgan fingerprint density at radius 1 is 0.812 bits per heavy atom. The van der Waals surface area contributed by atoms with Gasteiger partial charge in [-0.15, -0.1) is 0 Å². The molecule has 0 fully saturated rings. The summed E-state index contributed by atoms with van der Waals surface area (Å²) in [7, 11) is -3.32. The molecule has 0 spiro atoms. The molecule has 1 atom stereocenters. The second-order valence-corrected chi connectivity index (χ2v) is 9.26. The minimum atomic E-state index is -3.32. The topological polar surface area (TPSA) is 75.2 Å². The van der Waals surface area contributed by atoms with Gasteiger partial charge in [-0.05, 0) is 60.0 Å². The van der Waals surface area contributed by atoms with Crippen molar-refractivity contribution in [2.24, 2.45) is 0 Å². The van der Waals surface area contributed by atoms with Gasteiger partial charge in [0.25, 0.3) is 0 Å². The predicted molar refractivity (Wildman–Crippen MR) is 129 cm³/mol. The zero-order valence-electron chi connectivity index (χ0n) is 17.9. The smallest absolute Gasteiger partial charge is 0.229 e. The molecule has 162 valence electrons. The second-order valence-electron chi connectivity index (χ2n) is 7.51. The van der Waals surface area contributed by atoms with Crippen LogP contribution in [0.3, 0.4) is 0 Å². The monoisotopic (exact) mass is 444 g/mol. The molecule has 7 heteroatoms. The third-order valence-electron chi connectivity index (χ3n) is 5.15. The molecule has 2 aromatic carbocycles. The van der Waals surface area contributed by atoms with E-state index in [0.717, 1.165) is 34.3 Å². The first kappa shape index (κ1) is 21.5. The van der Waals surface area contributed by atoms with Crippen molar-refractivity contribution in [1.29, 1.82) is 0 Å². The first-order valence-corrected chi connectivity index (χ1v) is 12.1. The summed E-state index contributed by atoms with van der Waals surface area (Å²) in [6.07, 6.45) is 8.35. The molecule has 1 N–H and O–H groups in total. The molecule has 0 bridgehead atoms. The van der Waals surface area contributed by atoms with Crippen LogP contribution in [-0.4, -0.2) is 24.6 Å². The van der Waals surface area contributed by atoms with Gasteiger partial charge in [-0.1, -0.05) is 36.4 Å².